The molecular formula is C6H4N4O2. The van der Waals surface area contributed by atoms with E-state index in [1.807, 2.05) is 0 Å². The van der Waals surface area contributed by atoms with Crippen molar-refractivity contribution in [3.63, 3.8) is 0 Å². The quantitative estimate of drug-likeness (QED) is 0.409. The summed E-state index contributed by atoms with van der Waals surface area (Å²) in [4.78, 5) is 16.5. The van der Waals surface area contributed by atoms with Crippen LogP contribution in [0.15, 0.2) is 23.6 Å². The Kier molecular flexibility index (Phi) is 2.25. The van der Waals surface area contributed by atoms with Gasteiger partial charge in [0.25, 0.3) is 0 Å². The fraction of sp³-hybridized carbons (Fsp3) is 0. The fourth-order valence-corrected chi connectivity index (χ4v) is 0.651. The first-order chi connectivity index (χ1) is 5.74. The Morgan fingerprint density at radius 2 is 2.42 bits per heavy atom. The summed E-state index contributed by atoms with van der Waals surface area (Å²) in [5, 5.41) is 11.7. The molecule has 0 aliphatic heterocycles. The highest BCUT2D eigenvalue weighted by molar-refractivity contribution is 5.88. The molecule has 1 aromatic rings. The number of pyridine rings is 1. The van der Waals surface area contributed by atoms with E-state index in [9.17, 15) is 4.79 Å². The molecule has 0 unspecified atom stereocenters. The molecule has 0 saturated carbocycles. The average Bonchev–Trinajstić information content (AvgIpc) is 2.05. The zero-order valence-electron chi connectivity index (χ0n) is 5.88. The highest BCUT2D eigenvalue weighted by Crippen LogP contribution is 2.11. The monoisotopic (exact) mass is 164 g/mol. The molecule has 0 saturated heterocycles. The highest BCUT2D eigenvalue weighted by atomic mass is 16.4. The van der Waals surface area contributed by atoms with Crippen LogP contribution in [0.2, 0.25) is 0 Å². The van der Waals surface area contributed by atoms with Crippen molar-refractivity contribution in [3.05, 3.63) is 34.5 Å². The van der Waals surface area contributed by atoms with E-state index in [1.54, 1.807) is 0 Å². The number of rotatable bonds is 2. The van der Waals surface area contributed by atoms with Crippen molar-refractivity contribution in [3.8, 4) is 0 Å². The van der Waals surface area contributed by atoms with Crippen LogP contribution >= 0.6 is 0 Å². The van der Waals surface area contributed by atoms with Gasteiger partial charge in [-0.1, -0.05) is 5.11 Å². The first-order valence-corrected chi connectivity index (χ1v) is 2.97. The molecule has 60 valence electrons. The van der Waals surface area contributed by atoms with E-state index in [1.165, 1.54) is 18.5 Å². The largest absolute Gasteiger partial charge is 0.478 e. The lowest BCUT2D eigenvalue weighted by molar-refractivity contribution is 0.0696. The van der Waals surface area contributed by atoms with Crippen LogP contribution in [-0.2, 0) is 0 Å². The zero-order valence-corrected chi connectivity index (χ0v) is 5.88. The Bertz CT molecular complexity index is 339. The summed E-state index contributed by atoms with van der Waals surface area (Å²) in [5.74, 6) is -1.10. The minimum absolute atomic E-state index is 0.0000926. The van der Waals surface area contributed by atoms with Crippen molar-refractivity contribution >= 4 is 11.7 Å². The molecule has 0 aliphatic carbocycles. The zero-order chi connectivity index (χ0) is 8.97. The van der Waals surface area contributed by atoms with Gasteiger partial charge in [-0.05, 0) is 11.6 Å². The van der Waals surface area contributed by atoms with Crippen LogP contribution in [-0.4, -0.2) is 16.1 Å². The normalized spacial score (nSPS) is 8.67. The van der Waals surface area contributed by atoms with Crippen molar-refractivity contribution in [2.45, 2.75) is 0 Å². The van der Waals surface area contributed by atoms with Gasteiger partial charge in [0.1, 0.15) is 0 Å². The number of nitrogens with zero attached hydrogens (tertiary/aromatic N) is 4. The van der Waals surface area contributed by atoms with Crippen LogP contribution < -0.4 is 0 Å². The maximum Gasteiger partial charge on any atom is 0.337 e. The highest BCUT2D eigenvalue weighted by Gasteiger charge is 2.02. The van der Waals surface area contributed by atoms with Crippen molar-refractivity contribution in [2.24, 2.45) is 5.11 Å². The van der Waals surface area contributed by atoms with Crippen LogP contribution in [0, 0.1) is 0 Å². The lowest BCUT2D eigenvalue weighted by Gasteiger charge is -1.92. The number of carboxylic acids is 1. The van der Waals surface area contributed by atoms with Gasteiger partial charge < -0.3 is 5.11 Å². The standard InChI is InChI=1S/C6H4N4O2/c7-10-9-5-1-4(6(11)12)2-8-3-5/h1-3H,(H,11,12). The van der Waals surface area contributed by atoms with Gasteiger partial charge in [0.05, 0.1) is 11.3 Å². The summed E-state index contributed by atoms with van der Waals surface area (Å²) >= 11 is 0. The SMILES string of the molecule is [N-]=[N+]=Nc1cncc(C(=O)O)c1. The Morgan fingerprint density at radius 3 is 3.00 bits per heavy atom. The second-order valence-electron chi connectivity index (χ2n) is 1.93. The predicted octanol–water partition coefficient (Wildman–Crippen LogP) is 1.72. The molecular weight excluding hydrogens is 160 g/mol. The number of hydrogen-bond acceptors (Lipinski definition) is 3. The molecule has 12 heavy (non-hydrogen) atoms. The summed E-state index contributed by atoms with van der Waals surface area (Å²) in [6.45, 7) is 0. The second-order valence-corrected chi connectivity index (χ2v) is 1.93. The van der Waals surface area contributed by atoms with Crippen LogP contribution in [0.4, 0.5) is 5.69 Å². The van der Waals surface area contributed by atoms with Gasteiger partial charge in [0.15, 0.2) is 0 Å². The van der Waals surface area contributed by atoms with E-state index in [0.717, 1.165) is 0 Å². The Morgan fingerprint density at radius 1 is 1.67 bits per heavy atom. The van der Waals surface area contributed by atoms with Crippen LogP contribution in [0.1, 0.15) is 10.4 Å². The number of aromatic carboxylic acids is 1. The predicted molar refractivity (Wildman–Crippen MR) is 40.0 cm³/mol. The number of aromatic nitrogens is 1. The van der Waals surface area contributed by atoms with Gasteiger partial charge in [0.2, 0.25) is 0 Å². The summed E-state index contributed by atoms with van der Waals surface area (Å²) in [6.07, 6.45) is 2.46. The van der Waals surface area contributed by atoms with E-state index >= 15 is 0 Å². The molecule has 0 amide bonds. The Hall–Kier alpha value is -2.07. The third kappa shape index (κ3) is 1.71. The molecule has 0 aromatic carbocycles. The average molecular weight is 164 g/mol. The summed E-state index contributed by atoms with van der Waals surface area (Å²) in [5.41, 5.74) is 8.22. The van der Waals surface area contributed by atoms with E-state index in [4.69, 9.17) is 10.6 Å². The van der Waals surface area contributed by atoms with Gasteiger partial charge in [-0.2, -0.15) is 0 Å². The summed E-state index contributed by atoms with van der Waals surface area (Å²) < 4.78 is 0. The molecule has 6 heteroatoms. The van der Waals surface area contributed by atoms with Crippen molar-refractivity contribution in [1.29, 1.82) is 0 Å². The molecule has 0 atom stereocenters. The van der Waals surface area contributed by atoms with Crippen LogP contribution in [0.3, 0.4) is 0 Å². The van der Waals surface area contributed by atoms with Gasteiger partial charge in [-0.15, -0.1) is 0 Å². The molecule has 0 bridgehead atoms. The minimum atomic E-state index is -1.10. The lowest BCUT2D eigenvalue weighted by Crippen LogP contribution is -1.95. The summed E-state index contributed by atoms with van der Waals surface area (Å²) in [7, 11) is 0. The number of carboxylic acid groups (broad SMARTS) is 1. The maximum absolute atomic E-state index is 10.4. The van der Waals surface area contributed by atoms with E-state index in [2.05, 4.69) is 15.0 Å². The molecule has 1 N–H and O–H groups in total. The van der Waals surface area contributed by atoms with Crippen LogP contribution in [0.5, 0.6) is 0 Å². The number of carbonyl (C=O) groups is 1. The van der Waals surface area contributed by atoms with Gasteiger partial charge in [-0.25, -0.2) is 4.79 Å². The molecule has 0 spiro atoms. The first kappa shape index (κ1) is 8.03. The topological polar surface area (TPSA) is 99.0 Å². The van der Waals surface area contributed by atoms with Gasteiger partial charge >= 0.3 is 5.97 Å². The Balaban J connectivity index is 3.11. The van der Waals surface area contributed by atoms with E-state index in [0.29, 0.717) is 0 Å². The number of azide groups is 1. The minimum Gasteiger partial charge on any atom is -0.478 e. The summed E-state index contributed by atoms with van der Waals surface area (Å²) in [6, 6.07) is 1.25. The van der Waals surface area contributed by atoms with Gasteiger partial charge in [0, 0.05) is 17.3 Å². The molecule has 6 nitrogen and oxygen atoms in total. The molecule has 1 aromatic heterocycles. The molecule has 0 fully saturated rings. The smallest absolute Gasteiger partial charge is 0.337 e. The van der Waals surface area contributed by atoms with Crippen LogP contribution in [0.25, 0.3) is 10.4 Å². The number of hydrogen-bond donors (Lipinski definition) is 1. The third-order valence-electron chi connectivity index (χ3n) is 1.13. The van der Waals surface area contributed by atoms with E-state index in [-0.39, 0.29) is 11.3 Å². The fourth-order valence-electron chi connectivity index (χ4n) is 0.651. The second kappa shape index (κ2) is 3.36. The molecule has 1 heterocycles. The molecule has 0 aliphatic rings. The van der Waals surface area contributed by atoms with Crippen molar-refractivity contribution in [2.75, 3.05) is 0 Å². The van der Waals surface area contributed by atoms with E-state index < -0.39 is 5.97 Å². The van der Waals surface area contributed by atoms with Crippen molar-refractivity contribution in [1.82, 2.24) is 4.98 Å². The van der Waals surface area contributed by atoms with Crippen molar-refractivity contribution < 1.29 is 9.90 Å². The Labute approximate surface area is 67.1 Å². The first-order valence-electron chi connectivity index (χ1n) is 2.97. The third-order valence-corrected chi connectivity index (χ3v) is 1.13. The molecule has 0 radical (unpaired) electrons. The lowest BCUT2D eigenvalue weighted by atomic mass is 10.3. The molecule has 1 rings (SSSR count). The maximum atomic E-state index is 10.4. The van der Waals surface area contributed by atoms with Gasteiger partial charge in [-0.3, -0.25) is 4.98 Å².